The summed E-state index contributed by atoms with van der Waals surface area (Å²) in [6.07, 6.45) is 0.908. The van der Waals surface area contributed by atoms with Gasteiger partial charge in [-0.05, 0) is 47.1 Å². The van der Waals surface area contributed by atoms with Crippen LogP contribution >= 0.6 is 11.8 Å². The van der Waals surface area contributed by atoms with Crippen molar-refractivity contribution < 1.29 is 14.3 Å². The Morgan fingerprint density at radius 3 is 2.84 bits per heavy atom. The SMILES string of the molecule is NC[C@H]1CCS[C@@H](c2cccc(-c3ccc4c(c3)OCO4)c2)C(=O)N1. The van der Waals surface area contributed by atoms with Gasteiger partial charge in [0.25, 0.3) is 0 Å². The molecule has 1 fully saturated rings. The number of hydrogen-bond acceptors (Lipinski definition) is 5. The van der Waals surface area contributed by atoms with E-state index in [1.807, 2.05) is 36.4 Å². The molecule has 0 saturated carbocycles. The molecule has 2 aromatic rings. The van der Waals surface area contributed by atoms with Crippen LogP contribution < -0.4 is 20.5 Å². The molecule has 2 heterocycles. The zero-order chi connectivity index (χ0) is 17.2. The minimum atomic E-state index is -0.203. The Morgan fingerprint density at radius 2 is 1.96 bits per heavy atom. The summed E-state index contributed by atoms with van der Waals surface area (Å²) >= 11 is 1.68. The van der Waals surface area contributed by atoms with Crippen molar-refractivity contribution >= 4 is 17.7 Å². The lowest BCUT2D eigenvalue weighted by Gasteiger charge is -2.16. The Kier molecular flexibility index (Phi) is 4.55. The Hall–Kier alpha value is -2.18. The van der Waals surface area contributed by atoms with Crippen LogP contribution in [0.4, 0.5) is 0 Å². The first-order chi connectivity index (χ1) is 12.2. The van der Waals surface area contributed by atoms with E-state index in [-0.39, 0.29) is 24.0 Å². The molecule has 3 N–H and O–H groups in total. The Balaban J connectivity index is 1.62. The lowest BCUT2D eigenvalue weighted by Crippen LogP contribution is -2.40. The summed E-state index contributed by atoms with van der Waals surface area (Å²) in [6, 6.07) is 14.1. The second kappa shape index (κ2) is 6.98. The summed E-state index contributed by atoms with van der Waals surface area (Å²) < 4.78 is 10.8. The Morgan fingerprint density at radius 1 is 1.12 bits per heavy atom. The fourth-order valence-corrected chi connectivity index (χ4v) is 4.35. The standard InChI is InChI=1S/C19H20N2O3S/c20-10-15-6-7-25-18(19(22)21-15)14-3-1-2-12(8-14)13-4-5-16-17(9-13)24-11-23-16/h1-5,8-9,15,18H,6-7,10-11,20H2,(H,21,22)/t15-,18+/m1/s1. The summed E-state index contributed by atoms with van der Waals surface area (Å²) in [4.78, 5) is 12.6. The molecule has 2 aliphatic rings. The molecular formula is C19H20N2O3S. The van der Waals surface area contributed by atoms with Crippen molar-refractivity contribution in [1.82, 2.24) is 5.32 Å². The predicted molar refractivity (Wildman–Crippen MR) is 98.8 cm³/mol. The number of hydrogen-bond donors (Lipinski definition) is 2. The zero-order valence-corrected chi connectivity index (χ0v) is 14.6. The van der Waals surface area contributed by atoms with Crippen LogP contribution in [0.15, 0.2) is 42.5 Å². The smallest absolute Gasteiger partial charge is 0.237 e. The molecule has 0 aliphatic carbocycles. The number of amides is 1. The van der Waals surface area contributed by atoms with Crippen LogP contribution in [0.2, 0.25) is 0 Å². The van der Waals surface area contributed by atoms with E-state index in [1.165, 1.54) is 0 Å². The minimum absolute atomic E-state index is 0.0424. The Labute approximate surface area is 150 Å². The monoisotopic (exact) mass is 356 g/mol. The van der Waals surface area contributed by atoms with Gasteiger partial charge in [-0.15, -0.1) is 11.8 Å². The molecule has 1 amide bonds. The largest absolute Gasteiger partial charge is 0.454 e. The van der Waals surface area contributed by atoms with Gasteiger partial charge < -0.3 is 20.5 Å². The van der Waals surface area contributed by atoms with Crippen LogP contribution in [-0.2, 0) is 4.79 Å². The fourth-order valence-electron chi connectivity index (χ4n) is 3.13. The van der Waals surface area contributed by atoms with Crippen molar-refractivity contribution in [2.45, 2.75) is 17.7 Å². The van der Waals surface area contributed by atoms with Crippen molar-refractivity contribution in [3.8, 4) is 22.6 Å². The van der Waals surface area contributed by atoms with Gasteiger partial charge in [0.15, 0.2) is 11.5 Å². The van der Waals surface area contributed by atoms with Crippen LogP contribution in [0.3, 0.4) is 0 Å². The number of rotatable bonds is 3. The quantitative estimate of drug-likeness (QED) is 0.885. The molecule has 5 nitrogen and oxygen atoms in total. The van der Waals surface area contributed by atoms with Gasteiger partial charge in [-0.3, -0.25) is 4.79 Å². The summed E-state index contributed by atoms with van der Waals surface area (Å²) in [6.45, 7) is 0.746. The number of fused-ring (bicyclic) bond motifs is 1. The lowest BCUT2D eigenvalue weighted by molar-refractivity contribution is -0.121. The molecule has 4 rings (SSSR count). The number of carbonyl (C=O) groups excluding carboxylic acids is 1. The molecule has 6 heteroatoms. The zero-order valence-electron chi connectivity index (χ0n) is 13.7. The topological polar surface area (TPSA) is 73.6 Å². The highest BCUT2D eigenvalue weighted by Crippen LogP contribution is 2.38. The molecule has 0 spiro atoms. The highest BCUT2D eigenvalue weighted by Gasteiger charge is 2.27. The maximum absolute atomic E-state index is 12.6. The van der Waals surface area contributed by atoms with Crippen LogP contribution in [0, 0.1) is 0 Å². The molecule has 0 radical (unpaired) electrons. The third-order valence-corrected chi connectivity index (χ3v) is 5.81. The summed E-state index contributed by atoms with van der Waals surface area (Å²) in [5.41, 5.74) is 8.83. The second-order valence-corrected chi connectivity index (χ2v) is 7.39. The molecule has 2 atom stereocenters. The van der Waals surface area contributed by atoms with Gasteiger partial charge >= 0.3 is 0 Å². The van der Waals surface area contributed by atoms with E-state index in [2.05, 4.69) is 11.4 Å². The van der Waals surface area contributed by atoms with E-state index >= 15 is 0 Å². The molecule has 2 aromatic carbocycles. The molecule has 2 aliphatic heterocycles. The third-order valence-electron chi connectivity index (χ3n) is 4.52. The highest BCUT2D eigenvalue weighted by atomic mass is 32.2. The number of nitrogens with one attached hydrogen (secondary N) is 1. The maximum atomic E-state index is 12.6. The number of nitrogens with two attached hydrogens (primary N) is 1. The lowest BCUT2D eigenvalue weighted by atomic mass is 10.0. The molecule has 1 saturated heterocycles. The number of carbonyl (C=O) groups is 1. The summed E-state index contributed by atoms with van der Waals surface area (Å²) in [5.74, 6) is 2.49. The van der Waals surface area contributed by atoms with Gasteiger partial charge in [0.2, 0.25) is 12.7 Å². The molecule has 130 valence electrons. The number of ether oxygens (including phenoxy) is 2. The van der Waals surface area contributed by atoms with E-state index < -0.39 is 0 Å². The number of thioether (sulfide) groups is 1. The molecule has 0 aromatic heterocycles. The summed E-state index contributed by atoms with van der Waals surface area (Å²) in [5, 5.41) is 2.85. The molecular weight excluding hydrogens is 336 g/mol. The van der Waals surface area contributed by atoms with Gasteiger partial charge in [-0.2, -0.15) is 0 Å². The first kappa shape index (κ1) is 16.3. The molecule has 0 unspecified atom stereocenters. The fraction of sp³-hybridized carbons (Fsp3) is 0.316. The second-order valence-electron chi connectivity index (χ2n) is 6.17. The van der Waals surface area contributed by atoms with Crippen LogP contribution in [-0.4, -0.2) is 31.0 Å². The van der Waals surface area contributed by atoms with E-state index in [1.54, 1.807) is 11.8 Å². The van der Waals surface area contributed by atoms with E-state index in [0.29, 0.717) is 6.54 Å². The first-order valence-corrected chi connectivity index (χ1v) is 9.41. The van der Waals surface area contributed by atoms with Crippen molar-refractivity contribution in [2.24, 2.45) is 5.73 Å². The van der Waals surface area contributed by atoms with Gasteiger partial charge in [0, 0.05) is 12.6 Å². The Bertz CT molecular complexity index is 796. The third kappa shape index (κ3) is 3.32. The van der Waals surface area contributed by atoms with Crippen LogP contribution in [0.1, 0.15) is 17.2 Å². The van der Waals surface area contributed by atoms with E-state index in [9.17, 15) is 4.79 Å². The highest BCUT2D eigenvalue weighted by molar-refractivity contribution is 8.00. The first-order valence-electron chi connectivity index (χ1n) is 8.36. The average Bonchev–Trinajstić information content (AvgIpc) is 3.03. The van der Waals surface area contributed by atoms with Crippen molar-refractivity contribution in [2.75, 3.05) is 19.1 Å². The van der Waals surface area contributed by atoms with Crippen LogP contribution in [0.5, 0.6) is 11.5 Å². The minimum Gasteiger partial charge on any atom is -0.454 e. The predicted octanol–water partition coefficient (Wildman–Crippen LogP) is 2.70. The average molecular weight is 356 g/mol. The molecule has 25 heavy (non-hydrogen) atoms. The van der Waals surface area contributed by atoms with Crippen molar-refractivity contribution in [1.29, 1.82) is 0 Å². The van der Waals surface area contributed by atoms with Crippen molar-refractivity contribution in [3.05, 3.63) is 48.0 Å². The van der Waals surface area contributed by atoms with Crippen molar-refractivity contribution in [3.63, 3.8) is 0 Å². The van der Waals surface area contributed by atoms with Crippen LogP contribution in [0.25, 0.3) is 11.1 Å². The summed E-state index contributed by atoms with van der Waals surface area (Å²) in [7, 11) is 0. The van der Waals surface area contributed by atoms with Gasteiger partial charge in [0.05, 0.1) is 0 Å². The molecule has 0 bridgehead atoms. The van der Waals surface area contributed by atoms with E-state index in [0.717, 1.165) is 40.4 Å². The van der Waals surface area contributed by atoms with Gasteiger partial charge in [0.1, 0.15) is 5.25 Å². The normalized spacial score (nSPS) is 22.4. The maximum Gasteiger partial charge on any atom is 0.237 e. The van der Waals surface area contributed by atoms with Gasteiger partial charge in [-0.1, -0.05) is 24.3 Å². The van der Waals surface area contributed by atoms with Gasteiger partial charge in [-0.25, -0.2) is 0 Å². The number of benzene rings is 2. The van der Waals surface area contributed by atoms with E-state index in [4.69, 9.17) is 15.2 Å².